The molecular weight excluding hydrogens is 312 g/mol. The second-order valence-electron chi connectivity index (χ2n) is 6.68. The van der Waals surface area contributed by atoms with Gasteiger partial charge < -0.3 is 10.2 Å². The monoisotopic (exact) mass is 334 g/mol. The van der Waals surface area contributed by atoms with Crippen molar-refractivity contribution >= 4 is 29.1 Å². The molecule has 1 aliphatic heterocycles. The number of nitrogens with one attached hydrogen (secondary N) is 1. The molecule has 3 rings (SSSR count). The molecule has 2 aliphatic rings. The molecule has 0 unspecified atom stereocenters. The third-order valence-corrected chi connectivity index (χ3v) is 5.32. The summed E-state index contributed by atoms with van der Waals surface area (Å²) in [5, 5.41) is 3.60. The van der Waals surface area contributed by atoms with Gasteiger partial charge in [-0.2, -0.15) is 0 Å². The summed E-state index contributed by atoms with van der Waals surface area (Å²) in [6.07, 6.45) is 4.72. The van der Waals surface area contributed by atoms with E-state index >= 15 is 0 Å². The average Bonchev–Trinajstić information content (AvgIpc) is 2.49. The largest absolute Gasteiger partial charge is 0.342 e. The normalized spacial score (nSPS) is 19.3. The molecule has 2 fully saturated rings. The van der Waals surface area contributed by atoms with Crippen LogP contribution in [0.5, 0.6) is 0 Å². The summed E-state index contributed by atoms with van der Waals surface area (Å²) < 4.78 is 0. The summed E-state index contributed by atoms with van der Waals surface area (Å²) in [4.78, 5) is 26.6. The topological polar surface area (TPSA) is 49.4 Å². The van der Waals surface area contributed by atoms with Gasteiger partial charge in [0.2, 0.25) is 11.8 Å². The first-order chi connectivity index (χ1) is 11.0. The van der Waals surface area contributed by atoms with Gasteiger partial charge in [0.05, 0.1) is 0 Å². The summed E-state index contributed by atoms with van der Waals surface area (Å²) >= 11 is 5.99. The van der Waals surface area contributed by atoms with Crippen LogP contribution in [-0.2, 0) is 9.59 Å². The number of rotatable bonds is 3. The van der Waals surface area contributed by atoms with Crippen LogP contribution < -0.4 is 5.32 Å². The maximum Gasteiger partial charge on any atom is 0.227 e. The lowest BCUT2D eigenvalue weighted by molar-refractivity contribution is -0.140. The van der Waals surface area contributed by atoms with Gasteiger partial charge >= 0.3 is 0 Å². The van der Waals surface area contributed by atoms with E-state index in [-0.39, 0.29) is 17.7 Å². The number of carbonyl (C=O) groups is 2. The molecule has 5 heteroatoms. The lowest BCUT2D eigenvalue weighted by Gasteiger charge is -2.36. The van der Waals surface area contributed by atoms with E-state index in [0.29, 0.717) is 24.0 Å². The van der Waals surface area contributed by atoms with E-state index in [4.69, 9.17) is 11.6 Å². The number of nitrogens with zero attached hydrogens (tertiary/aromatic N) is 1. The highest BCUT2D eigenvalue weighted by molar-refractivity contribution is 6.31. The number of likely N-dealkylation sites (tertiary alicyclic amines) is 1. The van der Waals surface area contributed by atoms with Crippen molar-refractivity contribution < 1.29 is 9.59 Å². The maximum absolute atomic E-state index is 12.5. The average molecular weight is 335 g/mol. The van der Waals surface area contributed by atoms with Gasteiger partial charge in [0.15, 0.2) is 0 Å². The number of aryl methyl sites for hydroxylation is 1. The fourth-order valence-corrected chi connectivity index (χ4v) is 3.41. The Morgan fingerprint density at radius 1 is 1.13 bits per heavy atom. The summed E-state index contributed by atoms with van der Waals surface area (Å²) in [6, 6.07) is 5.50. The third kappa shape index (κ3) is 3.69. The van der Waals surface area contributed by atoms with Gasteiger partial charge in [-0.05, 0) is 50.3 Å². The van der Waals surface area contributed by atoms with E-state index in [2.05, 4.69) is 5.32 Å². The van der Waals surface area contributed by atoms with Gasteiger partial charge in [-0.15, -0.1) is 0 Å². The molecule has 1 saturated carbocycles. The van der Waals surface area contributed by atoms with Gasteiger partial charge in [-0.1, -0.05) is 24.1 Å². The predicted molar refractivity (Wildman–Crippen MR) is 91.5 cm³/mol. The number of hydrogen-bond donors (Lipinski definition) is 1. The molecule has 1 saturated heterocycles. The van der Waals surface area contributed by atoms with Gasteiger partial charge in [-0.25, -0.2) is 0 Å². The van der Waals surface area contributed by atoms with Crippen molar-refractivity contribution in [2.24, 2.45) is 11.8 Å². The summed E-state index contributed by atoms with van der Waals surface area (Å²) in [5.41, 5.74) is 1.77. The Balaban J connectivity index is 1.53. The molecule has 0 bridgehead atoms. The zero-order valence-corrected chi connectivity index (χ0v) is 14.2. The van der Waals surface area contributed by atoms with Crippen molar-refractivity contribution in [2.45, 2.75) is 39.0 Å². The van der Waals surface area contributed by atoms with Crippen molar-refractivity contribution in [3.8, 4) is 0 Å². The minimum atomic E-state index is -0.0289. The minimum absolute atomic E-state index is 0.0289. The summed E-state index contributed by atoms with van der Waals surface area (Å²) in [5.74, 6) is 0.542. The van der Waals surface area contributed by atoms with Crippen molar-refractivity contribution in [1.29, 1.82) is 0 Å². The molecule has 124 valence electrons. The van der Waals surface area contributed by atoms with Gasteiger partial charge in [0.1, 0.15) is 0 Å². The van der Waals surface area contributed by atoms with E-state index in [0.717, 1.165) is 36.9 Å². The van der Waals surface area contributed by atoms with Crippen LogP contribution in [-0.4, -0.2) is 29.8 Å². The minimum Gasteiger partial charge on any atom is -0.342 e. The molecular formula is C18H23ClN2O2. The quantitative estimate of drug-likeness (QED) is 0.917. The van der Waals surface area contributed by atoms with Crippen LogP contribution in [0.4, 0.5) is 5.69 Å². The fraction of sp³-hybridized carbons (Fsp3) is 0.556. The van der Waals surface area contributed by atoms with Crippen molar-refractivity contribution in [2.75, 3.05) is 18.4 Å². The van der Waals surface area contributed by atoms with Crippen LogP contribution in [0.1, 0.15) is 37.7 Å². The Kier molecular flexibility index (Phi) is 4.90. The molecule has 0 radical (unpaired) electrons. The second-order valence-corrected chi connectivity index (χ2v) is 7.11. The molecule has 0 aromatic heterocycles. The highest BCUT2D eigenvalue weighted by Crippen LogP contribution is 2.30. The lowest BCUT2D eigenvalue weighted by atomic mass is 9.83. The van der Waals surface area contributed by atoms with E-state index in [9.17, 15) is 9.59 Å². The molecule has 0 atom stereocenters. The number of piperidine rings is 1. The van der Waals surface area contributed by atoms with Crippen LogP contribution in [0.2, 0.25) is 5.02 Å². The Hall–Kier alpha value is -1.55. The van der Waals surface area contributed by atoms with Crippen molar-refractivity contribution in [1.82, 2.24) is 4.90 Å². The number of hydrogen-bond acceptors (Lipinski definition) is 2. The van der Waals surface area contributed by atoms with Gasteiger partial charge in [-0.3, -0.25) is 9.59 Å². The zero-order valence-electron chi connectivity index (χ0n) is 13.5. The van der Waals surface area contributed by atoms with Gasteiger partial charge in [0, 0.05) is 35.6 Å². The Morgan fingerprint density at radius 2 is 1.83 bits per heavy atom. The van der Waals surface area contributed by atoms with E-state index < -0.39 is 0 Å². The number of amides is 2. The Bertz CT molecular complexity index is 605. The smallest absolute Gasteiger partial charge is 0.227 e. The standard InChI is InChI=1S/C18H23ClN2O2/c1-12-5-6-15(19)11-16(12)20-17(22)13-7-9-21(10-8-13)18(23)14-3-2-4-14/h5-6,11,13-14H,2-4,7-10H2,1H3,(H,20,22). The van der Waals surface area contributed by atoms with E-state index in [1.807, 2.05) is 24.0 Å². The number of halogens is 1. The number of anilines is 1. The number of carbonyl (C=O) groups excluding carboxylic acids is 2. The van der Waals surface area contributed by atoms with Crippen molar-refractivity contribution in [3.05, 3.63) is 28.8 Å². The maximum atomic E-state index is 12.5. The molecule has 1 aliphatic carbocycles. The molecule has 0 spiro atoms. The second kappa shape index (κ2) is 6.91. The Morgan fingerprint density at radius 3 is 2.43 bits per heavy atom. The van der Waals surface area contributed by atoms with Crippen LogP contribution in [0.25, 0.3) is 0 Å². The number of benzene rings is 1. The highest BCUT2D eigenvalue weighted by atomic mass is 35.5. The molecule has 1 heterocycles. The molecule has 1 aromatic carbocycles. The SMILES string of the molecule is Cc1ccc(Cl)cc1NC(=O)C1CCN(C(=O)C2CCC2)CC1. The fourth-order valence-electron chi connectivity index (χ4n) is 3.24. The third-order valence-electron chi connectivity index (χ3n) is 5.09. The van der Waals surface area contributed by atoms with Crippen LogP contribution in [0, 0.1) is 18.8 Å². The van der Waals surface area contributed by atoms with Crippen LogP contribution in [0.15, 0.2) is 18.2 Å². The zero-order chi connectivity index (χ0) is 16.4. The van der Waals surface area contributed by atoms with Crippen molar-refractivity contribution in [3.63, 3.8) is 0 Å². The first kappa shape index (κ1) is 16.3. The Labute approximate surface area is 142 Å². The molecule has 4 nitrogen and oxygen atoms in total. The van der Waals surface area contributed by atoms with Crippen LogP contribution >= 0.6 is 11.6 Å². The summed E-state index contributed by atoms with van der Waals surface area (Å²) in [7, 11) is 0. The van der Waals surface area contributed by atoms with Gasteiger partial charge in [0.25, 0.3) is 0 Å². The first-order valence-electron chi connectivity index (χ1n) is 8.40. The molecule has 1 N–H and O–H groups in total. The van der Waals surface area contributed by atoms with E-state index in [1.165, 1.54) is 6.42 Å². The molecule has 23 heavy (non-hydrogen) atoms. The summed E-state index contributed by atoms with van der Waals surface area (Å²) in [6.45, 7) is 3.34. The first-order valence-corrected chi connectivity index (χ1v) is 8.78. The molecule has 1 aromatic rings. The highest BCUT2D eigenvalue weighted by Gasteiger charge is 2.33. The lowest BCUT2D eigenvalue weighted by Crippen LogP contribution is -2.45. The predicted octanol–water partition coefficient (Wildman–Crippen LogP) is 3.63. The van der Waals surface area contributed by atoms with E-state index in [1.54, 1.807) is 6.07 Å². The molecule has 2 amide bonds. The van der Waals surface area contributed by atoms with Crippen LogP contribution in [0.3, 0.4) is 0 Å².